The van der Waals surface area contributed by atoms with Crippen LogP contribution in [0.3, 0.4) is 0 Å². The molecule has 0 radical (unpaired) electrons. The number of rotatable bonds is 3. The molecule has 0 aliphatic heterocycles. The topological polar surface area (TPSA) is 49.3 Å². The number of benzene rings is 2. The van der Waals surface area contributed by atoms with Crippen molar-refractivity contribution in [2.24, 2.45) is 0 Å². The number of carbonyl (C=O) groups is 1. The minimum Gasteiger partial charge on any atom is -0.508 e. The maximum absolute atomic E-state index is 12.5. The molecule has 1 aliphatic rings. The summed E-state index contributed by atoms with van der Waals surface area (Å²) in [6.45, 7) is 0. The van der Waals surface area contributed by atoms with E-state index in [0.717, 1.165) is 18.4 Å². The Balaban J connectivity index is 1.84. The van der Waals surface area contributed by atoms with Gasteiger partial charge in [-0.1, -0.05) is 29.8 Å². The first-order chi connectivity index (χ1) is 9.62. The number of halogens is 1. The average Bonchev–Trinajstić information content (AvgIpc) is 3.23. The molecule has 20 heavy (non-hydrogen) atoms. The molecule has 0 heterocycles. The highest BCUT2D eigenvalue weighted by Crippen LogP contribution is 2.51. The molecule has 102 valence electrons. The van der Waals surface area contributed by atoms with Gasteiger partial charge in [-0.25, -0.2) is 0 Å². The van der Waals surface area contributed by atoms with Crippen molar-refractivity contribution in [2.45, 2.75) is 18.3 Å². The third-order valence-corrected chi connectivity index (χ3v) is 4.03. The number of phenolic OH excluding ortho intramolecular Hbond substituents is 1. The molecule has 4 heteroatoms. The molecule has 3 nitrogen and oxygen atoms in total. The van der Waals surface area contributed by atoms with Crippen LogP contribution in [-0.4, -0.2) is 11.0 Å². The van der Waals surface area contributed by atoms with E-state index in [2.05, 4.69) is 5.32 Å². The van der Waals surface area contributed by atoms with E-state index in [9.17, 15) is 9.90 Å². The Morgan fingerprint density at radius 2 is 1.75 bits per heavy atom. The van der Waals surface area contributed by atoms with E-state index in [1.54, 1.807) is 24.3 Å². The first-order valence-electron chi connectivity index (χ1n) is 6.47. The second kappa shape index (κ2) is 4.84. The van der Waals surface area contributed by atoms with Crippen LogP contribution in [0.25, 0.3) is 0 Å². The maximum atomic E-state index is 12.5. The third kappa shape index (κ3) is 2.25. The predicted octanol–water partition coefficient (Wildman–Crippen LogP) is 3.72. The summed E-state index contributed by atoms with van der Waals surface area (Å²) >= 11 is 6.20. The van der Waals surface area contributed by atoms with Crippen molar-refractivity contribution in [1.29, 1.82) is 0 Å². The summed E-state index contributed by atoms with van der Waals surface area (Å²) in [5.74, 6) is 0.131. The van der Waals surface area contributed by atoms with Crippen LogP contribution < -0.4 is 5.32 Å². The van der Waals surface area contributed by atoms with Gasteiger partial charge < -0.3 is 10.4 Å². The number of hydrogen-bond acceptors (Lipinski definition) is 2. The molecule has 3 rings (SSSR count). The van der Waals surface area contributed by atoms with Crippen molar-refractivity contribution in [3.8, 4) is 5.75 Å². The number of nitrogens with one attached hydrogen (secondary N) is 1. The molecule has 1 amide bonds. The number of aromatic hydroxyl groups is 1. The van der Waals surface area contributed by atoms with Crippen LogP contribution in [0.15, 0.2) is 48.5 Å². The summed E-state index contributed by atoms with van der Waals surface area (Å²) in [4.78, 5) is 12.5. The molecule has 1 aliphatic carbocycles. The van der Waals surface area contributed by atoms with E-state index >= 15 is 0 Å². The van der Waals surface area contributed by atoms with E-state index < -0.39 is 5.41 Å². The fourth-order valence-corrected chi connectivity index (χ4v) is 2.71. The second-order valence-corrected chi connectivity index (χ2v) is 5.47. The Bertz CT molecular complexity index is 648. The molecule has 0 aromatic heterocycles. The predicted molar refractivity (Wildman–Crippen MR) is 79.1 cm³/mol. The fraction of sp³-hybridized carbons (Fsp3) is 0.188. The minimum absolute atomic E-state index is 0.0451. The molecule has 0 unspecified atom stereocenters. The normalized spacial score (nSPS) is 15.7. The van der Waals surface area contributed by atoms with Crippen LogP contribution in [-0.2, 0) is 10.2 Å². The van der Waals surface area contributed by atoms with E-state index in [0.29, 0.717) is 10.7 Å². The lowest BCUT2D eigenvalue weighted by molar-refractivity contribution is -0.118. The van der Waals surface area contributed by atoms with Gasteiger partial charge in [0.05, 0.1) is 5.41 Å². The van der Waals surface area contributed by atoms with Crippen LogP contribution in [0.4, 0.5) is 5.69 Å². The van der Waals surface area contributed by atoms with Gasteiger partial charge in [0.1, 0.15) is 5.75 Å². The Kier molecular flexibility index (Phi) is 3.14. The molecular formula is C16H14ClNO2. The van der Waals surface area contributed by atoms with E-state index in [4.69, 9.17) is 11.6 Å². The molecule has 0 spiro atoms. The maximum Gasteiger partial charge on any atom is 0.235 e. The SMILES string of the molecule is O=C(Nc1ccc(O)cc1)C1(c2ccccc2Cl)CC1. The number of anilines is 1. The number of carbonyl (C=O) groups excluding carboxylic acids is 1. The standard InChI is InChI=1S/C16H14ClNO2/c17-14-4-2-1-3-13(14)16(9-10-16)15(20)18-11-5-7-12(19)8-6-11/h1-8,19H,9-10H2,(H,18,20). The molecule has 2 aromatic rings. The molecule has 0 atom stereocenters. The Morgan fingerprint density at radius 3 is 2.35 bits per heavy atom. The largest absolute Gasteiger partial charge is 0.508 e. The summed E-state index contributed by atoms with van der Waals surface area (Å²) in [5.41, 5.74) is 1.06. The van der Waals surface area contributed by atoms with Crippen LogP contribution in [0, 0.1) is 0 Å². The third-order valence-electron chi connectivity index (χ3n) is 3.70. The van der Waals surface area contributed by atoms with Gasteiger partial charge >= 0.3 is 0 Å². The lowest BCUT2D eigenvalue weighted by atomic mass is 9.95. The first-order valence-corrected chi connectivity index (χ1v) is 6.85. The van der Waals surface area contributed by atoms with Crippen LogP contribution in [0.5, 0.6) is 5.75 Å². The van der Waals surface area contributed by atoms with Gasteiger partial charge in [0.2, 0.25) is 5.91 Å². The Hall–Kier alpha value is -2.00. The summed E-state index contributed by atoms with van der Waals surface area (Å²) in [5, 5.41) is 12.8. The van der Waals surface area contributed by atoms with Crippen LogP contribution in [0.1, 0.15) is 18.4 Å². The molecular weight excluding hydrogens is 274 g/mol. The zero-order chi connectivity index (χ0) is 14.2. The summed E-state index contributed by atoms with van der Waals surface area (Å²) in [6, 6.07) is 13.9. The van der Waals surface area contributed by atoms with Gasteiger partial charge in [-0.15, -0.1) is 0 Å². The van der Waals surface area contributed by atoms with E-state index in [-0.39, 0.29) is 11.7 Å². The van der Waals surface area contributed by atoms with Gasteiger partial charge in [-0.05, 0) is 48.7 Å². The molecule has 0 saturated heterocycles. The molecule has 2 N–H and O–H groups in total. The van der Waals surface area contributed by atoms with Gasteiger partial charge in [-0.2, -0.15) is 0 Å². The zero-order valence-electron chi connectivity index (χ0n) is 10.8. The second-order valence-electron chi connectivity index (χ2n) is 5.06. The fourth-order valence-electron chi connectivity index (χ4n) is 2.39. The lowest BCUT2D eigenvalue weighted by Crippen LogP contribution is -2.28. The van der Waals surface area contributed by atoms with Gasteiger partial charge in [0, 0.05) is 10.7 Å². The number of hydrogen-bond donors (Lipinski definition) is 2. The number of amides is 1. The minimum atomic E-state index is -0.504. The Labute approximate surface area is 122 Å². The highest BCUT2D eigenvalue weighted by atomic mass is 35.5. The lowest BCUT2D eigenvalue weighted by Gasteiger charge is -2.17. The molecule has 0 bridgehead atoms. The van der Waals surface area contributed by atoms with Crippen LogP contribution >= 0.6 is 11.6 Å². The quantitative estimate of drug-likeness (QED) is 0.845. The highest BCUT2D eigenvalue weighted by Gasteiger charge is 2.52. The highest BCUT2D eigenvalue weighted by molar-refractivity contribution is 6.32. The smallest absolute Gasteiger partial charge is 0.235 e. The Morgan fingerprint density at radius 1 is 1.10 bits per heavy atom. The monoisotopic (exact) mass is 287 g/mol. The van der Waals surface area contributed by atoms with Crippen molar-refractivity contribution in [3.05, 3.63) is 59.1 Å². The van der Waals surface area contributed by atoms with E-state index in [1.807, 2.05) is 24.3 Å². The van der Waals surface area contributed by atoms with Crippen molar-refractivity contribution in [2.75, 3.05) is 5.32 Å². The van der Waals surface area contributed by atoms with Gasteiger partial charge in [0.25, 0.3) is 0 Å². The van der Waals surface area contributed by atoms with E-state index in [1.165, 1.54) is 0 Å². The summed E-state index contributed by atoms with van der Waals surface area (Å²) in [6.07, 6.45) is 1.61. The molecule has 1 saturated carbocycles. The average molecular weight is 288 g/mol. The molecule has 2 aromatic carbocycles. The molecule has 1 fully saturated rings. The number of phenols is 1. The van der Waals surface area contributed by atoms with Crippen molar-refractivity contribution >= 4 is 23.2 Å². The summed E-state index contributed by atoms with van der Waals surface area (Å²) < 4.78 is 0. The van der Waals surface area contributed by atoms with Crippen molar-refractivity contribution in [1.82, 2.24) is 0 Å². The summed E-state index contributed by atoms with van der Waals surface area (Å²) in [7, 11) is 0. The first kappa shape index (κ1) is 13.0. The van der Waals surface area contributed by atoms with Gasteiger partial charge in [-0.3, -0.25) is 4.79 Å². The zero-order valence-corrected chi connectivity index (χ0v) is 11.5. The van der Waals surface area contributed by atoms with Crippen LogP contribution in [0.2, 0.25) is 5.02 Å². The van der Waals surface area contributed by atoms with Crippen molar-refractivity contribution < 1.29 is 9.90 Å². The van der Waals surface area contributed by atoms with Gasteiger partial charge in [0.15, 0.2) is 0 Å². The van der Waals surface area contributed by atoms with Crippen molar-refractivity contribution in [3.63, 3.8) is 0 Å².